The van der Waals surface area contributed by atoms with E-state index in [0.717, 1.165) is 5.56 Å². The van der Waals surface area contributed by atoms with Crippen molar-refractivity contribution < 1.29 is 4.79 Å². The zero-order valence-corrected chi connectivity index (χ0v) is 12.9. The lowest BCUT2D eigenvalue weighted by Crippen LogP contribution is -2.26. The largest absolute Gasteiger partial charge is 0.344 e. The molecule has 3 aromatic rings. The summed E-state index contributed by atoms with van der Waals surface area (Å²) in [5.74, 6) is -0.203. The summed E-state index contributed by atoms with van der Waals surface area (Å²) in [4.78, 5) is 20.6. The molecule has 21 heavy (non-hydrogen) atoms. The highest BCUT2D eigenvalue weighted by molar-refractivity contribution is 9.10. The molecule has 0 unspecified atom stereocenters. The first kappa shape index (κ1) is 13.8. The molecule has 6 heteroatoms. The molecule has 0 aliphatic heterocycles. The van der Waals surface area contributed by atoms with Crippen LogP contribution in [-0.2, 0) is 0 Å². The van der Waals surface area contributed by atoms with Crippen molar-refractivity contribution in [3.63, 3.8) is 0 Å². The molecule has 0 bridgehead atoms. The Morgan fingerprint density at radius 3 is 2.81 bits per heavy atom. The Labute approximate surface area is 130 Å². The quantitative estimate of drug-likeness (QED) is 0.794. The van der Waals surface area contributed by atoms with Gasteiger partial charge in [-0.3, -0.25) is 4.79 Å². The second-order valence-electron chi connectivity index (χ2n) is 4.71. The number of aromatic nitrogens is 3. The number of amides is 1. The third-order valence-corrected chi connectivity index (χ3v) is 3.60. The molecule has 3 rings (SSSR count). The number of halogens is 1. The highest BCUT2D eigenvalue weighted by Crippen LogP contribution is 2.13. The molecular formula is C15H13BrN4O. The molecule has 0 aliphatic rings. The second kappa shape index (κ2) is 5.65. The van der Waals surface area contributed by atoms with E-state index in [1.54, 1.807) is 23.0 Å². The molecule has 1 amide bonds. The lowest BCUT2D eigenvalue weighted by atomic mass is 10.1. The van der Waals surface area contributed by atoms with Crippen LogP contribution in [0.2, 0.25) is 0 Å². The minimum Gasteiger partial charge on any atom is -0.344 e. The van der Waals surface area contributed by atoms with Crippen LogP contribution in [0.5, 0.6) is 0 Å². The summed E-state index contributed by atoms with van der Waals surface area (Å²) in [7, 11) is 0. The van der Waals surface area contributed by atoms with Crippen molar-refractivity contribution in [2.75, 3.05) is 0 Å². The number of benzene rings is 1. The molecular weight excluding hydrogens is 332 g/mol. The first-order valence-electron chi connectivity index (χ1n) is 6.49. The number of fused-ring (bicyclic) bond motifs is 1. The van der Waals surface area contributed by atoms with E-state index in [9.17, 15) is 4.79 Å². The monoisotopic (exact) mass is 344 g/mol. The van der Waals surface area contributed by atoms with Crippen molar-refractivity contribution >= 4 is 27.5 Å². The molecule has 1 aromatic carbocycles. The Morgan fingerprint density at radius 2 is 2.05 bits per heavy atom. The lowest BCUT2D eigenvalue weighted by Gasteiger charge is -2.12. The Bertz CT molecular complexity index is 785. The number of carbonyl (C=O) groups is 1. The van der Waals surface area contributed by atoms with E-state index < -0.39 is 0 Å². The summed E-state index contributed by atoms with van der Waals surface area (Å²) in [6, 6.07) is 9.74. The van der Waals surface area contributed by atoms with Gasteiger partial charge >= 0.3 is 0 Å². The van der Waals surface area contributed by atoms with Crippen molar-refractivity contribution in [3.05, 3.63) is 64.8 Å². The van der Waals surface area contributed by atoms with Crippen LogP contribution in [0.4, 0.5) is 0 Å². The van der Waals surface area contributed by atoms with Gasteiger partial charge < -0.3 is 9.72 Å². The Balaban J connectivity index is 1.80. The molecule has 0 saturated carbocycles. The zero-order chi connectivity index (χ0) is 14.8. The van der Waals surface area contributed by atoms with Crippen molar-refractivity contribution in [1.29, 1.82) is 0 Å². The highest BCUT2D eigenvalue weighted by atomic mass is 79.9. The van der Waals surface area contributed by atoms with Crippen molar-refractivity contribution in [2.24, 2.45) is 0 Å². The lowest BCUT2D eigenvalue weighted by molar-refractivity contribution is 0.0935. The highest BCUT2D eigenvalue weighted by Gasteiger charge is 2.14. The number of nitrogens with zero attached hydrogens (tertiary/aromatic N) is 3. The topological polar surface area (TPSA) is 59.3 Å². The molecule has 5 nitrogen and oxygen atoms in total. The summed E-state index contributed by atoms with van der Waals surface area (Å²) in [6.07, 6.45) is 5.07. The molecule has 0 spiro atoms. The standard InChI is InChI=1S/C15H13BrN4O/c1-10(11-5-3-2-4-6-11)18-15(21)12-8-20-9-13(16)17-7-14(20)19-12/h2-10H,1H3,(H,18,21)/t10-/m1/s1. The van der Waals surface area contributed by atoms with Gasteiger partial charge in [0.25, 0.3) is 5.91 Å². The van der Waals surface area contributed by atoms with Crippen LogP contribution >= 0.6 is 15.9 Å². The number of hydrogen-bond donors (Lipinski definition) is 1. The van der Waals surface area contributed by atoms with Gasteiger partial charge in [-0.25, -0.2) is 9.97 Å². The number of carbonyl (C=O) groups excluding carboxylic acids is 1. The van der Waals surface area contributed by atoms with Crippen LogP contribution in [0, 0.1) is 0 Å². The van der Waals surface area contributed by atoms with Gasteiger partial charge in [0.2, 0.25) is 0 Å². The summed E-state index contributed by atoms with van der Waals surface area (Å²) in [5.41, 5.74) is 2.06. The van der Waals surface area contributed by atoms with E-state index in [-0.39, 0.29) is 11.9 Å². The molecule has 0 fully saturated rings. The van der Waals surface area contributed by atoms with Gasteiger partial charge in [0.1, 0.15) is 10.3 Å². The number of imidazole rings is 1. The van der Waals surface area contributed by atoms with Crippen molar-refractivity contribution in [1.82, 2.24) is 19.7 Å². The molecule has 2 heterocycles. The summed E-state index contributed by atoms with van der Waals surface area (Å²) in [6.45, 7) is 1.95. The van der Waals surface area contributed by atoms with Crippen LogP contribution in [0.25, 0.3) is 5.65 Å². The van der Waals surface area contributed by atoms with E-state index in [4.69, 9.17) is 0 Å². The summed E-state index contributed by atoms with van der Waals surface area (Å²) in [5, 5.41) is 2.94. The van der Waals surface area contributed by atoms with Gasteiger partial charge in [0, 0.05) is 12.4 Å². The van der Waals surface area contributed by atoms with Gasteiger partial charge in [-0.05, 0) is 28.4 Å². The minimum atomic E-state index is -0.203. The van der Waals surface area contributed by atoms with Gasteiger partial charge in [0.05, 0.1) is 12.2 Å². The molecule has 106 valence electrons. The number of rotatable bonds is 3. The van der Waals surface area contributed by atoms with Crippen LogP contribution in [0.3, 0.4) is 0 Å². The van der Waals surface area contributed by atoms with Crippen molar-refractivity contribution in [3.8, 4) is 0 Å². The van der Waals surface area contributed by atoms with E-state index in [1.807, 2.05) is 37.3 Å². The summed E-state index contributed by atoms with van der Waals surface area (Å²) >= 11 is 3.29. The van der Waals surface area contributed by atoms with E-state index in [1.165, 1.54) is 0 Å². The maximum Gasteiger partial charge on any atom is 0.271 e. The molecule has 1 N–H and O–H groups in total. The minimum absolute atomic E-state index is 0.0756. The van der Waals surface area contributed by atoms with E-state index in [2.05, 4.69) is 31.2 Å². The predicted octanol–water partition coefficient (Wildman–Crippen LogP) is 2.98. The first-order valence-corrected chi connectivity index (χ1v) is 7.29. The van der Waals surface area contributed by atoms with Crippen molar-refractivity contribution in [2.45, 2.75) is 13.0 Å². The fraction of sp³-hybridized carbons (Fsp3) is 0.133. The fourth-order valence-corrected chi connectivity index (χ4v) is 2.40. The Morgan fingerprint density at radius 1 is 1.29 bits per heavy atom. The average molecular weight is 345 g/mol. The van der Waals surface area contributed by atoms with Crippen LogP contribution in [0.15, 0.2) is 53.5 Å². The number of hydrogen-bond acceptors (Lipinski definition) is 3. The zero-order valence-electron chi connectivity index (χ0n) is 11.3. The Kier molecular flexibility index (Phi) is 3.70. The molecule has 0 aliphatic carbocycles. The third kappa shape index (κ3) is 2.95. The fourth-order valence-electron chi connectivity index (χ4n) is 2.08. The van der Waals surface area contributed by atoms with Gasteiger partial charge in [-0.2, -0.15) is 0 Å². The number of nitrogens with one attached hydrogen (secondary N) is 1. The average Bonchev–Trinajstić information content (AvgIpc) is 2.91. The maximum atomic E-state index is 12.3. The molecule has 2 aromatic heterocycles. The van der Waals surface area contributed by atoms with Crippen LogP contribution in [0.1, 0.15) is 29.0 Å². The van der Waals surface area contributed by atoms with E-state index in [0.29, 0.717) is 15.9 Å². The Hall–Kier alpha value is -2.21. The normalized spacial score (nSPS) is 12.3. The van der Waals surface area contributed by atoms with Gasteiger partial charge in [-0.1, -0.05) is 30.3 Å². The maximum absolute atomic E-state index is 12.3. The van der Waals surface area contributed by atoms with Crippen LogP contribution < -0.4 is 5.32 Å². The van der Waals surface area contributed by atoms with E-state index >= 15 is 0 Å². The molecule has 0 radical (unpaired) electrons. The third-order valence-electron chi connectivity index (χ3n) is 3.19. The first-order chi connectivity index (χ1) is 10.1. The summed E-state index contributed by atoms with van der Waals surface area (Å²) < 4.78 is 2.45. The molecule has 1 atom stereocenters. The SMILES string of the molecule is C[C@@H](NC(=O)c1cn2cc(Br)ncc2n1)c1ccccc1. The second-order valence-corrected chi connectivity index (χ2v) is 5.52. The molecule has 0 saturated heterocycles. The van der Waals surface area contributed by atoms with Gasteiger partial charge in [-0.15, -0.1) is 0 Å². The predicted molar refractivity (Wildman–Crippen MR) is 83.0 cm³/mol. The van der Waals surface area contributed by atoms with Gasteiger partial charge in [0.15, 0.2) is 5.65 Å². The van der Waals surface area contributed by atoms with Crippen LogP contribution in [-0.4, -0.2) is 20.3 Å². The smallest absolute Gasteiger partial charge is 0.271 e.